The Bertz CT molecular complexity index is 762. The second kappa shape index (κ2) is 15.4. The largest absolute Gasteiger partial charge is 0.312 e. The van der Waals surface area contributed by atoms with Crippen LogP contribution in [-0.4, -0.2) is 79.2 Å². The van der Waals surface area contributed by atoms with Crippen LogP contribution in [0.25, 0.3) is 0 Å². The van der Waals surface area contributed by atoms with E-state index in [1.807, 2.05) is 0 Å². The Morgan fingerprint density at radius 2 is 1.61 bits per heavy atom. The number of hydrazine groups is 1. The molecule has 6 heteroatoms. The first-order valence-electron chi connectivity index (χ1n) is 18.1. The molecular formula is C35H66ClN5. The van der Waals surface area contributed by atoms with Crippen molar-refractivity contribution < 1.29 is 0 Å². The molecule has 4 unspecified atom stereocenters. The van der Waals surface area contributed by atoms with Crippen LogP contribution in [0.3, 0.4) is 0 Å². The van der Waals surface area contributed by atoms with Crippen LogP contribution in [0, 0.1) is 35.0 Å². The minimum Gasteiger partial charge on any atom is -0.312 e. The number of nitrogens with zero attached hydrogens (tertiary/aromatic N) is 2. The number of halogens is 1. The molecule has 2 saturated heterocycles. The second-order valence-electron chi connectivity index (χ2n) is 16.2. The van der Waals surface area contributed by atoms with E-state index in [4.69, 9.17) is 11.6 Å². The molecule has 0 spiro atoms. The predicted molar refractivity (Wildman–Crippen MR) is 175 cm³/mol. The molecule has 0 amide bonds. The molecule has 3 saturated carbocycles. The molecule has 238 valence electrons. The summed E-state index contributed by atoms with van der Waals surface area (Å²) in [7, 11) is 0. The Morgan fingerprint density at radius 1 is 0.878 bits per heavy atom. The number of hydrogen-bond donors (Lipinski definition) is 3. The average molecular weight is 592 g/mol. The molecule has 5 fully saturated rings. The van der Waals surface area contributed by atoms with E-state index in [-0.39, 0.29) is 0 Å². The van der Waals surface area contributed by atoms with Gasteiger partial charge in [0.2, 0.25) is 0 Å². The topological polar surface area (TPSA) is 42.6 Å². The summed E-state index contributed by atoms with van der Waals surface area (Å²) in [5.41, 5.74) is 4.14. The van der Waals surface area contributed by atoms with Crippen molar-refractivity contribution in [2.45, 2.75) is 141 Å². The SMILES string of the molecule is CC(C)[C@H](CN1CCC(C2CCC(Cl)CC2)C(C)(C)C1)NCC1CCCC(CNC2CNN(C3CCCCC3)C2)C1. The fourth-order valence-corrected chi connectivity index (χ4v) is 9.86. The van der Waals surface area contributed by atoms with Gasteiger partial charge in [0, 0.05) is 49.7 Å². The average Bonchev–Trinajstić information content (AvgIpc) is 3.44. The van der Waals surface area contributed by atoms with Crippen molar-refractivity contribution in [1.82, 2.24) is 26.0 Å². The number of nitrogens with one attached hydrogen (secondary N) is 3. The minimum atomic E-state index is 0.412. The first-order valence-corrected chi connectivity index (χ1v) is 18.5. The van der Waals surface area contributed by atoms with E-state index in [0.717, 1.165) is 36.3 Å². The molecule has 0 aromatic heterocycles. The van der Waals surface area contributed by atoms with Gasteiger partial charge in [0.15, 0.2) is 0 Å². The first-order chi connectivity index (χ1) is 19.8. The van der Waals surface area contributed by atoms with Gasteiger partial charge in [0.1, 0.15) is 0 Å². The number of rotatable bonds is 11. The zero-order valence-corrected chi connectivity index (χ0v) is 28.1. The van der Waals surface area contributed by atoms with Crippen molar-refractivity contribution >= 4 is 11.6 Å². The van der Waals surface area contributed by atoms with Gasteiger partial charge in [-0.1, -0.05) is 53.4 Å². The molecular weight excluding hydrogens is 526 g/mol. The summed E-state index contributed by atoms with van der Waals surface area (Å²) in [4.78, 5) is 2.81. The molecule has 5 aliphatic rings. The van der Waals surface area contributed by atoms with E-state index in [1.165, 1.54) is 129 Å². The van der Waals surface area contributed by atoms with Crippen LogP contribution in [0.4, 0.5) is 0 Å². The highest BCUT2D eigenvalue weighted by atomic mass is 35.5. The van der Waals surface area contributed by atoms with Crippen LogP contribution in [0.2, 0.25) is 0 Å². The van der Waals surface area contributed by atoms with E-state index in [2.05, 4.69) is 53.7 Å². The molecule has 2 heterocycles. The van der Waals surface area contributed by atoms with Gasteiger partial charge in [-0.05, 0) is 119 Å². The maximum Gasteiger partial charge on any atom is 0.0348 e. The molecule has 5 nitrogen and oxygen atoms in total. The number of hydrogen-bond acceptors (Lipinski definition) is 5. The van der Waals surface area contributed by atoms with Gasteiger partial charge >= 0.3 is 0 Å². The molecule has 5 rings (SSSR count). The van der Waals surface area contributed by atoms with E-state index >= 15 is 0 Å². The van der Waals surface area contributed by atoms with E-state index in [0.29, 0.717) is 28.8 Å². The smallest absolute Gasteiger partial charge is 0.0348 e. The third-order valence-corrected chi connectivity index (χ3v) is 12.6. The van der Waals surface area contributed by atoms with Gasteiger partial charge in [-0.15, -0.1) is 11.6 Å². The van der Waals surface area contributed by atoms with Gasteiger partial charge in [-0.25, -0.2) is 5.01 Å². The highest BCUT2D eigenvalue weighted by Crippen LogP contribution is 2.45. The standard InChI is InChI=1S/C35H66ClN5/c1-26(2)34(24-40-18-17-33(35(3,4)25-40)29-13-15-30(36)16-14-29)38-21-28-10-8-9-27(19-28)20-37-31-22-39-41(23-31)32-11-6-5-7-12-32/h26-34,37-39H,5-25H2,1-4H3/t27?,28?,29?,30?,31?,33?,34-/m0/s1. The van der Waals surface area contributed by atoms with Crippen LogP contribution in [0.1, 0.15) is 118 Å². The molecule has 0 aromatic rings. The lowest BCUT2D eigenvalue weighted by Gasteiger charge is -2.49. The maximum atomic E-state index is 6.45. The van der Waals surface area contributed by atoms with Crippen LogP contribution in [0.5, 0.6) is 0 Å². The van der Waals surface area contributed by atoms with Gasteiger partial charge in [0.05, 0.1) is 0 Å². The van der Waals surface area contributed by atoms with Crippen LogP contribution in [0.15, 0.2) is 0 Å². The lowest BCUT2D eigenvalue weighted by molar-refractivity contribution is 0.00453. The van der Waals surface area contributed by atoms with Crippen molar-refractivity contribution in [2.75, 3.05) is 45.8 Å². The van der Waals surface area contributed by atoms with Gasteiger partial charge < -0.3 is 15.5 Å². The van der Waals surface area contributed by atoms with Crippen molar-refractivity contribution in [3.63, 3.8) is 0 Å². The van der Waals surface area contributed by atoms with Crippen molar-refractivity contribution in [2.24, 2.45) is 35.0 Å². The van der Waals surface area contributed by atoms with Gasteiger partial charge in [0.25, 0.3) is 0 Å². The summed E-state index contributed by atoms with van der Waals surface area (Å²) in [6.45, 7) is 18.5. The van der Waals surface area contributed by atoms with Crippen molar-refractivity contribution in [3.05, 3.63) is 0 Å². The minimum absolute atomic E-state index is 0.412. The highest BCUT2D eigenvalue weighted by molar-refractivity contribution is 6.20. The number of likely N-dealkylation sites (tertiary alicyclic amines) is 1. The Balaban J connectivity index is 1.02. The number of alkyl halides is 1. The summed E-state index contributed by atoms with van der Waals surface area (Å²) in [6, 6.07) is 2.01. The first kappa shape index (κ1) is 32.5. The normalized spacial score (nSPS) is 37.0. The summed E-state index contributed by atoms with van der Waals surface area (Å²) in [5.74, 6) is 4.15. The van der Waals surface area contributed by atoms with Crippen LogP contribution < -0.4 is 16.1 Å². The fourth-order valence-electron chi connectivity index (χ4n) is 9.61. The Morgan fingerprint density at radius 3 is 2.32 bits per heavy atom. The number of piperidine rings is 1. The molecule has 2 aliphatic heterocycles. The van der Waals surface area contributed by atoms with E-state index in [1.54, 1.807) is 0 Å². The molecule has 3 N–H and O–H groups in total. The second-order valence-corrected chi connectivity index (χ2v) is 16.8. The quantitative estimate of drug-likeness (QED) is 0.234. The molecule has 0 radical (unpaired) electrons. The fraction of sp³-hybridized carbons (Fsp3) is 1.00. The zero-order valence-electron chi connectivity index (χ0n) is 27.3. The molecule has 41 heavy (non-hydrogen) atoms. The molecule has 0 aromatic carbocycles. The van der Waals surface area contributed by atoms with E-state index < -0.39 is 0 Å². The Labute approximate surface area is 259 Å². The third kappa shape index (κ3) is 9.30. The molecule has 0 bridgehead atoms. The van der Waals surface area contributed by atoms with Gasteiger partial charge in [-0.3, -0.25) is 5.43 Å². The third-order valence-electron chi connectivity index (χ3n) is 12.1. The molecule has 5 atom stereocenters. The monoisotopic (exact) mass is 592 g/mol. The van der Waals surface area contributed by atoms with Crippen molar-refractivity contribution in [3.8, 4) is 0 Å². The summed E-state index contributed by atoms with van der Waals surface area (Å²) in [5, 5.41) is 11.1. The zero-order chi connectivity index (χ0) is 28.8. The van der Waals surface area contributed by atoms with Crippen molar-refractivity contribution in [1.29, 1.82) is 0 Å². The summed E-state index contributed by atoms with van der Waals surface area (Å²) in [6.07, 6.45) is 19.3. The Hall–Kier alpha value is 0.0900. The highest BCUT2D eigenvalue weighted by Gasteiger charge is 2.41. The van der Waals surface area contributed by atoms with Gasteiger partial charge in [-0.2, -0.15) is 0 Å². The maximum absolute atomic E-state index is 6.45. The summed E-state index contributed by atoms with van der Waals surface area (Å²) >= 11 is 6.45. The summed E-state index contributed by atoms with van der Waals surface area (Å²) < 4.78 is 0. The van der Waals surface area contributed by atoms with Crippen LogP contribution >= 0.6 is 11.6 Å². The lowest BCUT2D eigenvalue weighted by Crippen LogP contribution is -2.53. The van der Waals surface area contributed by atoms with Crippen LogP contribution in [-0.2, 0) is 0 Å². The predicted octanol–water partition coefficient (Wildman–Crippen LogP) is 6.66. The Kier molecular flexibility index (Phi) is 12.2. The lowest BCUT2D eigenvalue weighted by atomic mass is 9.64. The van der Waals surface area contributed by atoms with E-state index in [9.17, 15) is 0 Å². The molecule has 3 aliphatic carbocycles.